The van der Waals surface area contributed by atoms with Crippen molar-refractivity contribution in [3.63, 3.8) is 0 Å². The minimum Gasteiger partial charge on any atom is -0.390 e. The molecule has 4 rings (SSSR count). The monoisotopic (exact) mass is 360 g/mol. The smallest absolute Gasteiger partial charge is 0.162 e. The summed E-state index contributed by atoms with van der Waals surface area (Å²) in [6.45, 7) is 4.54. The molecular formula is C23H24N2O2. The average molecular weight is 360 g/mol. The molecule has 0 bridgehead atoms. The van der Waals surface area contributed by atoms with Gasteiger partial charge in [-0.15, -0.1) is 0 Å². The molecule has 0 saturated carbocycles. The van der Waals surface area contributed by atoms with E-state index in [1.807, 2.05) is 37.3 Å². The van der Waals surface area contributed by atoms with E-state index in [1.54, 1.807) is 0 Å². The molecule has 0 radical (unpaired) electrons. The summed E-state index contributed by atoms with van der Waals surface area (Å²) < 4.78 is 2.08. The minimum absolute atomic E-state index is 0.0378. The lowest BCUT2D eigenvalue weighted by atomic mass is 9.95. The maximum Gasteiger partial charge on any atom is 0.162 e. The van der Waals surface area contributed by atoms with Crippen molar-refractivity contribution >= 4 is 28.1 Å². The van der Waals surface area contributed by atoms with Crippen LogP contribution in [0.4, 0.5) is 5.69 Å². The van der Waals surface area contributed by atoms with Crippen LogP contribution in [-0.4, -0.2) is 15.5 Å². The number of nitrogens with zero attached hydrogens (tertiary/aromatic N) is 1. The van der Waals surface area contributed by atoms with Gasteiger partial charge >= 0.3 is 0 Å². The molecule has 2 heterocycles. The number of aromatic nitrogens is 1. The molecule has 3 aromatic rings. The molecule has 0 fully saturated rings. The van der Waals surface area contributed by atoms with Gasteiger partial charge in [0.05, 0.1) is 24.4 Å². The van der Waals surface area contributed by atoms with Crippen molar-refractivity contribution in [2.24, 2.45) is 0 Å². The highest BCUT2D eigenvalue weighted by molar-refractivity contribution is 6.09. The maximum absolute atomic E-state index is 13.0. The number of ketones is 1. The minimum atomic E-state index is -0.0378. The summed E-state index contributed by atoms with van der Waals surface area (Å²) in [6, 6.07) is 16.2. The summed E-state index contributed by atoms with van der Waals surface area (Å²) >= 11 is 0. The standard InChI is InChI=1S/C23H24N2O2/c1-3-7-21(27)19-13-25-17(14-26)12-16-9-6-10-18(23(16)25)22(19)24-20-11-5-4-8-15(20)2/h4-6,8-12,24,26H,3,7,13-14H2,1-2H3. The Morgan fingerprint density at radius 3 is 2.74 bits per heavy atom. The van der Waals surface area contributed by atoms with Gasteiger partial charge in [0, 0.05) is 34.3 Å². The highest BCUT2D eigenvalue weighted by Gasteiger charge is 2.26. The van der Waals surface area contributed by atoms with Crippen LogP contribution in [0.25, 0.3) is 16.6 Å². The number of benzene rings is 2. The quantitative estimate of drug-likeness (QED) is 0.673. The van der Waals surface area contributed by atoms with E-state index < -0.39 is 0 Å². The first-order valence-electron chi connectivity index (χ1n) is 9.45. The third-order valence-electron chi connectivity index (χ3n) is 5.27. The molecular weight excluding hydrogens is 336 g/mol. The second-order valence-electron chi connectivity index (χ2n) is 7.09. The number of aliphatic hydroxyl groups excluding tert-OH is 1. The zero-order valence-corrected chi connectivity index (χ0v) is 15.7. The number of aliphatic hydroxyl groups is 1. The van der Waals surface area contributed by atoms with Crippen LogP contribution >= 0.6 is 0 Å². The predicted molar refractivity (Wildman–Crippen MR) is 109 cm³/mol. The van der Waals surface area contributed by atoms with Gasteiger partial charge in [-0.3, -0.25) is 4.79 Å². The van der Waals surface area contributed by atoms with E-state index in [0.29, 0.717) is 13.0 Å². The van der Waals surface area contributed by atoms with E-state index in [1.165, 1.54) is 0 Å². The molecule has 0 amide bonds. The number of nitrogens with one attached hydrogen (secondary N) is 1. The Balaban J connectivity index is 1.93. The van der Waals surface area contributed by atoms with E-state index in [9.17, 15) is 9.90 Å². The molecule has 0 unspecified atom stereocenters. The summed E-state index contributed by atoms with van der Waals surface area (Å²) in [7, 11) is 0. The van der Waals surface area contributed by atoms with Crippen LogP contribution in [0.1, 0.15) is 36.6 Å². The topological polar surface area (TPSA) is 54.3 Å². The summed E-state index contributed by atoms with van der Waals surface area (Å²) in [5.41, 5.74) is 6.75. The van der Waals surface area contributed by atoms with Crippen LogP contribution in [0.3, 0.4) is 0 Å². The van der Waals surface area contributed by atoms with Gasteiger partial charge in [0.25, 0.3) is 0 Å². The molecule has 1 aliphatic heterocycles. The SMILES string of the molecule is CCCC(=O)C1=C(Nc2ccccc2C)c2cccc3cc(CO)n(c23)C1. The van der Waals surface area contributed by atoms with Crippen molar-refractivity contribution < 1.29 is 9.90 Å². The Bertz CT molecular complexity index is 1060. The average Bonchev–Trinajstić information content (AvgIpc) is 3.04. The van der Waals surface area contributed by atoms with Crippen LogP contribution in [-0.2, 0) is 17.9 Å². The number of Topliss-reactive ketones (excluding diaryl/α,β-unsaturated/α-hetero) is 1. The molecule has 0 saturated heterocycles. The van der Waals surface area contributed by atoms with E-state index in [2.05, 4.69) is 35.0 Å². The predicted octanol–water partition coefficient (Wildman–Crippen LogP) is 4.65. The normalized spacial score (nSPS) is 13.3. The zero-order valence-electron chi connectivity index (χ0n) is 15.7. The molecule has 4 heteroatoms. The highest BCUT2D eigenvalue weighted by atomic mass is 16.3. The Kier molecular flexibility index (Phi) is 4.58. The molecule has 0 atom stereocenters. The van der Waals surface area contributed by atoms with Crippen molar-refractivity contribution in [2.75, 3.05) is 5.32 Å². The summed E-state index contributed by atoms with van der Waals surface area (Å²) in [4.78, 5) is 13.0. The fourth-order valence-corrected chi connectivity index (χ4v) is 3.89. The van der Waals surface area contributed by atoms with E-state index in [4.69, 9.17) is 0 Å². The van der Waals surface area contributed by atoms with Crippen LogP contribution in [0, 0.1) is 6.92 Å². The van der Waals surface area contributed by atoms with Gasteiger partial charge in [-0.2, -0.15) is 0 Å². The highest BCUT2D eigenvalue weighted by Crippen LogP contribution is 2.37. The Morgan fingerprint density at radius 2 is 2.00 bits per heavy atom. The molecule has 0 spiro atoms. The van der Waals surface area contributed by atoms with Crippen LogP contribution in [0.15, 0.2) is 54.1 Å². The lowest BCUT2D eigenvalue weighted by molar-refractivity contribution is -0.115. The van der Waals surface area contributed by atoms with E-state index >= 15 is 0 Å². The van der Waals surface area contributed by atoms with Crippen molar-refractivity contribution in [3.05, 3.63) is 70.9 Å². The first-order valence-corrected chi connectivity index (χ1v) is 9.45. The number of aryl methyl sites for hydroxylation is 1. The maximum atomic E-state index is 13.0. The third kappa shape index (κ3) is 2.96. The summed E-state index contributed by atoms with van der Waals surface area (Å²) in [6.07, 6.45) is 1.34. The van der Waals surface area contributed by atoms with Crippen LogP contribution < -0.4 is 5.32 Å². The lowest BCUT2D eigenvalue weighted by Crippen LogP contribution is -2.21. The number of allylic oxidation sites excluding steroid dienone is 1. The molecule has 27 heavy (non-hydrogen) atoms. The molecule has 1 aromatic heterocycles. The van der Waals surface area contributed by atoms with Gasteiger partial charge in [0.2, 0.25) is 0 Å². The van der Waals surface area contributed by atoms with Crippen molar-refractivity contribution in [1.82, 2.24) is 4.57 Å². The molecule has 0 aliphatic carbocycles. The van der Waals surface area contributed by atoms with Crippen LogP contribution in [0.2, 0.25) is 0 Å². The molecule has 2 N–H and O–H groups in total. The first-order chi connectivity index (χ1) is 13.1. The van der Waals surface area contributed by atoms with Crippen molar-refractivity contribution in [3.8, 4) is 0 Å². The Labute approximate surface area is 159 Å². The second kappa shape index (κ2) is 7.05. The molecule has 2 aromatic carbocycles. The van der Waals surface area contributed by atoms with E-state index in [0.717, 1.165) is 51.1 Å². The third-order valence-corrected chi connectivity index (χ3v) is 5.27. The number of anilines is 1. The first kappa shape index (κ1) is 17.6. The van der Waals surface area contributed by atoms with Crippen molar-refractivity contribution in [2.45, 2.75) is 39.8 Å². The number of carbonyl (C=O) groups excluding carboxylic acids is 1. The van der Waals surface area contributed by atoms with Gasteiger partial charge in [-0.05, 0) is 31.0 Å². The summed E-state index contributed by atoms with van der Waals surface area (Å²) in [5, 5.41) is 14.4. The number of para-hydroxylation sites is 2. The number of hydrogen-bond acceptors (Lipinski definition) is 3. The fraction of sp³-hybridized carbons (Fsp3) is 0.261. The largest absolute Gasteiger partial charge is 0.390 e. The van der Waals surface area contributed by atoms with Gasteiger partial charge in [-0.1, -0.05) is 43.3 Å². The van der Waals surface area contributed by atoms with Crippen molar-refractivity contribution in [1.29, 1.82) is 0 Å². The Hall–Kier alpha value is -2.85. The van der Waals surface area contributed by atoms with Gasteiger partial charge in [0.1, 0.15) is 0 Å². The molecule has 4 nitrogen and oxygen atoms in total. The van der Waals surface area contributed by atoms with Crippen LogP contribution in [0.5, 0.6) is 0 Å². The molecule has 138 valence electrons. The number of rotatable bonds is 6. The van der Waals surface area contributed by atoms with Gasteiger partial charge < -0.3 is 15.0 Å². The zero-order chi connectivity index (χ0) is 19.0. The number of carbonyl (C=O) groups is 1. The number of hydrogen-bond donors (Lipinski definition) is 2. The summed E-state index contributed by atoms with van der Waals surface area (Å²) in [5.74, 6) is 0.161. The fourth-order valence-electron chi connectivity index (χ4n) is 3.89. The molecule has 1 aliphatic rings. The Morgan fingerprint density at radius 1 is 1.19 bits per heavy atom. The van der Waals surface area contributed by atoms with Gasteiger partial charge in [0.15, 0.2) is 5.78 Å². The second-order valence-corrected chi connectivity index (χ2v) is 7.09. The van der Waals surface area contributed by atoms with Gasteiger partial charge in [-0.25, -0.2) is 0 Å². The lowest BCUT2D eigenvalue weighted by Gasteiger charge is -2.25. The van der Waals surface area contributed by atoms with E-state index in [-0.39, 0.29) is 12.4 Å².